The van der Waals surface area contributed by atoms with Crippen molar-refractivity contribution in [2.24, 2.45) is 5.92 Å². The standard InChI is InChI=1S/C23H24N6O3/c1-14-8-11-28(21(14)22-26-18-6-4-16(32-3)13-19(18)27-22)23(30)17-12-15(31-2)5-7-20(17)29-24-9-10-25-29/h4-7,9-10,12-14,21H,8,11H2,1-3H3,(H,26,27). The predicted molar refractivity (Wildman–Crippen MR) is 118 cm³/mol. The van der Waals surface area contributed by atoms with Gasteiger partial charge < -0.3 is 19.4 Å². The number of H-pyrrole nitrogens is 1. The number of imidazole rings is 1. The van der Waals surface area contributed by atoms with Crippen molar-refractivity contribution in [3.05, 3.63) is 60.2 Å². The molecule has 1 saturated heterocycles. The molecule has 2 aromatic carbocycles. The number of carbonyl (C=O) groups excluding carboxylic acids is 1. The van der Waals surface area contributed by atoms with Crippen LogP contribution in [0.5, 0.6) is 11.5 Å². The number of rotatable bonds is 5. The van der Waals surface area contributed by atoms with E-state index in [4.69, 9.17) is 14.5 Å². The van der Waals surface area contributed by atoms with E-state index in [1.54, 1.807) is 44.8 Å². The Balaban J connectivity index is 1.55. The summed E-state index contributed by atoms with van der Waals surface area (Å²) < 4.78 is 10.7. The highest BCUT2D eigenvalue weighted by molar-refractivity contribution is 5.98. The average Bonchev–Trinajstić information content (AvgIpc) is 3.57. The molecular weight excluding hydrogens is 408 g/mol. The third-order valence-corrected chi connectivity index (χ3v) is 6.02. The monoisotopic (exact) mass is 432 g/mol. The Morgan fingerprint density at radius 2 is 1.78 bits per heavy atom. The van der Waals surface area contributed by atoms with Crippen molar-refractivity contribution in [3.63, 3.8) is 0 Å². The summed E-state index contributed by atoms with van der Waals surface area (Å²) in [5.41, 5.74) is 2.81. The van der Waals surface area contributed by atoms with Crippen molar-refractivity contribution in [3.8, 4) is 17.2 Å². The SMILES string of the molecule is COc1ccc(-n2nccn2)c(C(=O)N2CCC(C)C2c2nc3ccc(OC)cc3[nH]2)c1. The van der Waals surface area contributed by atoms with Crippen molar-refractivity contribution < 1.29 is 14.3 Å². The van der Waals surface area contributed by atoms with Gasteiger partial charge in [0.15, 0.2) is 0 Å². The first-order valence-corrected chi connectivity index (χ1v) is 10.5. The van der Waals surface area contributed by atoms with Gasteiger partial charge in [0, 0.05) is 12.6 Å². The van der Waals surface area contributed by atoms with Crippen LogP contribution in [-0.4, -0.2) is 56.5 Å². The molecule has 1 aliphatic heterocycles. The van der Waals surface area contributed by atoms with Gasteiger partial charge in [-0.15, -0.1) is 0 Å². The lowest BCUT2D eigenvalue weighted by Gasteiger charge is -2.26. The van der Waals surface area contributed by atoms with Gasteiger partial charge in [0.05, 0.1) is 54.9 Å². The van der Waals surface area contributed by atoms with Gasteiger partial charge in [0.2, 0.25) is 0 Å². The summed E-state index contributed by atoms with van der Waals surface area (Å²) in [5.74, 6) is 2.27. The Labute approximate surface area is 185 Å². The predicted octanol–water partition coefficient (Wildman–Crippen LogP) is 3.38. The first-order chi connectivity index (χ1) is 15.6. The highest BCUT2D eigenvalue weighted by Gasteiger charge is 2.39. The van der Waals surface area contributed by atoms with Crippen LogP contribution in [0.1, 0.15) is 35.6 Å². The minimum atomic E-state index is -0.175. The third-order valence-electron chi connectivity index (χ3n) is 6.02. The largest absolute Gasteiger partial charge is 0.497 e. The summed E-state index contributed by atoms with van der Waals surface area (Å²) in [5, 5.41) is 8.43. The molecule has 1 N–H and O–H groups in total. The van der Waals surface area contributed by atoms with Gasteiger partial charge in [0.1, 0.15) is 17.3 Å². The molecule has 32 heavy (non-hydrogen) atoms. The molecule has 1 fully saturated rings. The zero-order chi connectivity index (χ0) is 22.2. The zero-order valence-corrected chi connectivity index (χ0v) is 18.1. The number of nitrogens with one attached hydrogen (secondary N) is 1. The number of hydrogen-bond acceptors (Lipinski definition) is 6. The average molecular weight is 432 g/mol. The molecule has 0 bridgehead atoms. The fraction of sp³-hybridized carbons (Fsp3) is 0.304. The van der Waals surface area contributed by atoms with Crippen LogP contribution in [0.2, 0.25) is 0 Å². The van der Waals surface area contributed by atoms with Gasteiger partial charge in [-0.1, -0.05) is 6.92 Å². The Bertz CT molecular complexity index is 1270. The molecule has 0 spiro atoms. The molecule has 9 nitrogen and oxygen atoms in total. The van der Waals surface area contributed by atoms with Crippen molar-refractivity contribution in [1.29, 1.82) is 0 Å². The van der Waals surface area contributed by atoms with Crippen LogP contribution in [0, 0.1) is 5.92 Å². The molecule has 164 valence electrons. The molecule has 1 amide bonds. The van der Waals surface area contributed by atoms with Crippen LogP contribution in [-0.2, 0) is 0 Å². The van der Waals surface area contributed by atoms with Crippen LogP contribution < -0.4 is 9.47 Å². The zero-order valence-electron chi connectivity index (χ0n) is 18.1. The van der Waals surface area contributed by atoms with E-state index in [2.05, 4.69) is 22.1 Å². The highest BCUT2D eigenvalue weighted by Crippen LogP contribution is 2.38. The number of amides is 1. The molecule has 3 heterocycles. The molecule has 4 aromatic rings. The van der Waals surface area contributed by atoms with E-state index in [0.717, 1.165) is 29.0 Å². The summed E-state index contributed by atoms with van der Waals surface area (Å²) in [6.45, 7) is 2.78. The maximum absolute atomic E-state index is 13.8. The van der Waals surface area contributed by atoms with Crippen molar-refractivity contribution in [1.82, 2.24) is 29.9 Å². The molecule has 5 rings (SSSR count). The molecule has 2 aromatic heterocycles. The van der Waals surface area contributed by atoms with Crippen molar-refractivity contribution in [2.75, 3.05) is 20.8 Å². The van der Waals surface area contributed by atoms with E-state index in [0.29, 0.717) is 23.5 Å². The summed E-state index contributed by atoms with van der Waals surface area (Å²) in [6, 6.07) is 10.9. The molecule has 0 radical (unpaired) electrons. The van der Waals surface area contributed by atoms with Crippen molar-refractivity contribution >= 4 is 16.9 Å². The number of methoxy groups -OCH3 is 2. The lowest BCUT2D eigenvalue weighted by atomic mass is 10.0. The topological polar surface area (TPSA) is 98.2 Å². The lowest BCUT2D eigenvalue weighted by molar-refractivity contribution is 0.0713. The Hall–Kier alpha value is -3.88. The smallest absolute Gasteiger partial charge is 0.256 e. The minimum Gasteiger partial charge on any atom is -0.497 e. The van der Waals surface area contributed by atoms with Gasteiger partial charge in [-0.25, -0.2) is 4.98 Å². The number of nitrogens with zero attached hydrogens (tertiary/aromatic N) is 5. The third kappa shape index (κ3) is 3.35. The summed E-state index contributed by atoms with van der Waals surface area (Å²) in [4.78, 5) is 25.3. The minimum absolute atomic E-state index is 0.108. The second-order valence-corrected chi connectivity index (χ2v) is 7.92. The normalized spacial score (nSPS) is 18.3. The maximum Gasteiger partial charge on any atom is 0.256 e. The number of hydrogen-bond donors (Lipinski definition) is 1. The molecule has 2 unspecified atom stereocenters. The molecule has 0 saturated carbocycles. The number of fused-ring (bicyclic) bond motifs is 1. The first-order valence-electron chi connectivity index (χ1n) is 10.5. The van der Waals surface area contributed by atoms with Gasteiger partial charge in [0.25, 0.3) is 5.91 Å². The van der Waals surface area contributed by atoms with Gasteiger partial charge >= 0.3 is 0 Å². The quantitative estimate of drug-likeness (QED) is 0.519. The first kappa shape index (κ1) is 20.0. The maximum atomic E-state index is 13.8. The number of likely N-dealkylation sites (tertiary alicyclic amines) is 1. The second-order valence-electron chi connectivity index (χ2n) is 7.92. The number of carbonyl (C=O) groups is 1. The Morgan fingerprint density at radius 3 is 2.53 bits per heavy atom. The molecular formula is C23H24N6O3. The van der Waals surface area contributed by atoms with E-state index in [1.165, 1.54) is 4.80 Å². The van der Waals surface area contributed by atoms with Crippen LogP contribution in [0.15, 0.2) is 48.8 Å². The molecule has 2 atom stereocenters. The Kier molecular flexibility index (Phi) is 5.01. The van der Waals surface area contributed by atoms with Crippen LogP contribution in [0.4, 0.5) is 0 Å². The summed E-state index contributed by atoms with van der Waals surface area (Å²) in [6.07, 6.45) is 4.06. The summed E-state index contributed by atoms with van der Waals surface area (Å²) in [7, 11) is 3.22. The Morgan fingerprint density at radius 1 is 1.06 bits per heavy atom. The number of benzene rings is 2. The number of aromatic nitrogens is 5. The fourth-order valence-electron chi connectivity index (χ4n) is 4.35. The van der Waals surface area contributed by atoms with E-state index in [1.807, 2.05) is 23.1 Å². The van der Waals surface area contributed by atoms with E-state index in [9.17, 15) is 4.79 Å². The van der Waals surface area contributed by atoms with Crippen LogP contribution in [0.25, 0.3) is 16.7 Å². The molecule has 1 aliphatic rings. The highest BCUT2D eigenvalue weighted by atomic mass is 16.5. The van der Waals surface area contributed by atoms with Crippen LogP contribution >= 0.6 is 0 Å². The fourth-order valence-corrected chi connectivity index (χ4v) is 4.35. The second kappa shape index (κ2) is 7.99. The summed E-state index contributed by atoms with van der Waals surface area (Å²) >= 11 is 0. The lowest BCUT2D eigenvalue weighted by Crippen LogP contribution is -2.33. The van der Waals surface area contributed by atoms with E-state index >= 15 is 0 Å². The van der Waals surface area contributed by atoms with Crippen LogP contribution in [0.3, 0.4) is 0 Å². The van der Waals surface area contributed by atoms with Gasteiger partial charge in [-0.2, -0.15) is 15.0 Å². The number of ether oxygens (including phenoxy) is 2. The van der Waals surface area contributed by atoms with Crippen molar-refractivity contribution in [2.45, 2.75) is 19.4 Å². The van der Waals surface area contributed by atoms with Gasteiger partial charge in [-0.05, 0) is 42.7 Å². The molecule has 0 aliphatic carbocycles. The number of aromatic amines is 1. The molecule has 9 heteroatoms. The van der Waals surface area contributed by atoms with E-state index in [-0.39, 0.29) is 17.9 Å². The van der Waals surface area contributed by atoms with E-state index < -0.39 is 0 Å². The van der Waals surface area contributed by atoms with Gasteiger partial charge in [-0.3, -0.25) is 4.79 Å².